The number of carbonyl (C=O) groups excluding carboxylic acids is 1. The first kappa shape index (κ1) is 15.3. The molecule has 106 valence electrons. The van der Waals surface area contributed by atoms with E-state index in [1.165, 1.54) is 6.20 Å². The zero-order chi connectivity index (χ0) is 15.2. The first-order valence-electron chi connectivity index (χ1n) is 6.01. The summed E-state index contributed by atoms with van der Waals surface area (Å²) in [6, 6.07) is 8.14. The molecule has 1 amide bonds. The van der Waals surface area contributed by atoms with Crippen LogP contribution < -0.4 is 11.1 Å². The van der Waals surface area contributed by atoms with E-state index in [2.05, 4.69) is 22.1 Å². The van der Waals surface area contributed by atoms with Crippen LogP contribution in [0.25, 0.3) is 0 Å². The molecule has 0 aliphatic carbocycles. The third kappa shape index (κ3) is 4.20. The van der Waals surface area contributed by atoms with Crippen LogP contribution in [0.4, 0.5) is 5.69 Å². The van der Waals surface area contributed by atoms with Crippen LogP contribution in [0.5, 0.6) is 0 Å². The standard InChI is InChI=1S/C15H11Cl2N3O/c16-12-5-4-11(8-13(12)17)20-15(21)14-6-3-10(9-19-14)2-1-7-18/h3-6,8-9H,7,18H2,(H,20,21). The molecule has 3 N–H and O–H groups in total. The number of nitrogens with zero attached hydrogens (tertiary/aromatic N) is 1. The highest BCUT2D eigenvalue weighted by molar-refractivity contribution is 6.42. The molecule has 6 heteroatoms. The summed E-state index contributed by atoms with van der Waals surface area (Å²) in [5, 5.41) is 3.49. The fraction of sp³-hybridized carbons (Fsp3) is 0.0667. The van der Waals surface area contributed by atoms with E-state index in [0.29, 0.717) is 21.3 Å². The zero-order valence-corrected chi connectivity index (χ0v) is 12.4. The van der Waals surface area contributed by atoms with Crippen LogP contribution in [-0.2, 0) is 0 Å². The number of carbonyl (C=O) groups is 1. The van der Waals surface area contributed by atoms with E-state index in [1.807, 2.05) is 0 Å². The van der Waals surface area contributed by atoms with Crippen LogP contribution in [0, 0.1) is 11.8 Å². The molecule has 0 unspecified atom stereocenters. The van der Waals surface area contributed by atoms with Crippen molar-refractivity contribution in [3.63, 3.8) is 0 Å². The minimum Gasteiger partial charge on any atom is -0.321 e. The van der Waals surface area contributed by atoms with Gasteiger partial charge in [0.25, 0.3) is 5.91 Å². The van der Waals surface area contributed by atoms with Crippen molar-refractivity contribution in [2.24, 2.45) is 5.73 Å². The molecule has 4 nitrogen and oxygen atoms in total. The highest BCUT2D eigenvalue weighted by Crippen LogP contribution is 2.25. The quantitative estimate of drug-likeness (QED) is 0.836. The van der Waals surface area contributed by atoms with Crippen LogP contribution in [0.2, 0.25) is 10.0 Å². The summed E-state index contributed by atoms with van der Waals surface area (Å²) in [5.41, 5.74) is 6.81. The summed E-state index contributed by atoms with van der Waals surface area (Å²) < 4.78 is 0. The van der Waals surface area contributed by atoms with E-state index in [1.54, 1.807) is 30.3 Å². The normalized spacial score (nSPS) is 9.67. The van der Waals surface area contributed by atoms with E-state index >= 15 is 0 Å². The number of halogens is 2. The average Bonchev–Trinajstić information content (AvgIpc) is 2.49. The number of hydrogen-bond donors (Lipinski definition) is 2. The van der Waals surface area contributed by atoms with E-state index in [0.717, 1.165) is 0 Å². The van der Waals surface area contributed by atoms with E-state index in [-0.39, 0.29) is 18.1 Å². The van der Waals surface area contributed by atoms with Gasteiger partial charge in [-0.05, 0) is 30.3 Å². The van der Waals surface area contributed by atoms with Crippen molar-refractivity contribution in [1.82, 2.24) is 4.98 Å². The van der Waals surface area contributed by atoms with E-state index in [4.69, 9.17) is 28.9 Å². The molecule has 0 spiro atoms. The van der Waals surface area contributed by atoms with Gasteiger partial charge in [-0.1, -0.05) is 35.0 Å². The maximum atomic E-state index is 12.0. The monoisotopic (exact) mass is 319 g/mol. The summed E-state index contributed by atoms with van der Waals surface area (Å²) in [6.45, 7) is 0.277. The molecule has 0 saturated heterocycles. The SMILES string of the molecule is NCC#Cc1ccc(C(=O)Nc2ccc(Cl)c(Cl)c2)nc1. The van der Waals surface area contributed by atoms with Gasteiger partial charge in [0.2, 0.25) is 0 Å². The Hall–Kier alpha value is -2.06. The number of benzene rings is 1. The fourth-order valence-corrected chi connectivity index (χ4v) is 1.82. The number of aromatic nitrogens is 1. The topological polar surface area (TPSA) is 68.0 Å². The van der Waals surface area contributed by atoms with Crippen molar-refractivity contribution in [3.05, 3.63) is 57.8 Å². The highest BCUT2D eigenvalue weighted by atomic mass is 35.5. The Morgan fingerprint density at radius 2 is 2.05 bits per heavy atom. The number of rotatable bonds is 2. The lowest BCUT2D eigenvalue weighted by atomic mass is 10.2. The largest absolute Gasteiger partial charge is 0.321 e. The number of pyridine rings is 1. The van der Waals surface area contributed by atoms with Crippen molar-refractivity contribution < 1.29 is 4.79 Å². The molecule has 21 heavy (non-hydrogen) atoms. The van der Waals surface area contributed by atoms with Crippen molar-refractivity contribution in [3.8, 4) is 11.8 Å². The third-order valence-electron chi connectivity index (χ3n) is 2.51. The van der Waals surface area contributed by atoms with Gasteiger partial charge in [0.05, 0.1) is 16.6 Å². The number of nitrogens with two attached hydrogens (primary N) is 1. The van der Waals surface area contributed by atoms with Gasteiger partial charge in [0.1, 0.15) is 5.69 Å². The minimum atomic E-state index is -0.341. The molecule has 0 aliphatic heterocycles. The molecule has 2 aromatic rings. The Morgan fingerprint density at radius 1 is 1.24 bits per heavy atom. The molecular formula is C15H11Cl2N3O. The Bertz CT molecular complexity index is 718. The van der Waals surface area contributed by atoms with Crippen LogP contribution in [-0.4, -0.2) is 17.4 Å². The van der Waals surface area contributed by atoms with E-state index in [9.17, 15) is 4.79 Å². The predicted octanol–water partition coefficient (Wildman–Crippen LogP) is 2.95. The smallest absolute Gasteiger partial charge is 0.274 e. The van der Waals surface area contributed by atoms with Crippen molar-refractivity contribution in [2.45, 2.75) is 0 Å². The van der Waals surface area contributed by atoms with Gasteiger partial charge in [-0.2, -0.15) is 0 Å². The van der Waals surface area contributed by atoms with Crippen LogP contribution >= 0.6 is 23.2 Å². The molecule has 0 atom stereocenters. The lowest BCUT2D eigenvalue weighted by Crippen LogP contribution is -2.13. The molecule has 0 radical (unpaired) electrons. The van der Waals surface area contributed by atoms with Crippen molar-refractivity contribution in [1.29, 1.82) is 0 Å². The van der Waals surface area contributed by atoms with Gasteiger partial charge < -0.3 is 11.1 Å². The predicted molar refractivity (Wildman–Crippen MR) is 84.6 cm³/mol. The molecule has 1 aromatic carbocycles. The molecule has 0 fully saturated rings. The van der Waals surface area contributed by atoms with Crippen molar-refractivity contribution in [2.75, 3.05) is 11.9 Å². The average molecular weight is 320 g/mol. The number of amides is 1. The Labute approximate surface area is 132 Å². The number of hydrogen-bond acceptors (Lipinski definition) is 3. The van der Waals surface area contributed by atoms with E-state index < -0.39 is 0 Å². The van der Waals surface area contributed by atoms with Gasteiger partial charge >= 0.3 is 0 Å². The second-order valence-corrected chi connectivity index (χ2v) is 4.84. The van der Waals surface area contributed by atoms with Gasteiger partial charge in [0.15, 0.2) is 0 Å². The molecule has 0 saturated carbocycles. The zero-order valence-electron chi connectivity index (χ0n) is 10.9. The third-order valence-corrected chi connectivity index (χ3v) is 3.25. The summed E-state index contributed by atoms with van der Waals surface area (Å²) in [7, 11) is 0. The highest BCUT2D eigenvalue weighted by Gasteiger charge is 2.08. The minimum absolute atomic E-state index is 0.277. The Morgan fingerprint density at radius 3 is 2.67 bits per heavy atom. The van der Waals surface area contributed by atoms with Crippen LogP contribution in [0.1, 0.15) is 16.1 Å². The summed E-state index contributed by atoms with van der Waals surface area (Å²) in [5.74, 6) is 5.21. The molecule has 1 heterocycles. The second kappa shape index (κ2) is 7.09. The lowest BCUT2D eigenvalue weighted by molar-refractivity contribution is 0.102. The van der Waals surface area contributed by atoms with Gasteiger partial charge in [-0.3, -0.25) is 4.79 Å². The summed E-state index contributed by atoms with van der Waals surface area (Å²) in [6.07, 6.45) is 1.52. The lowest BCUT2D eigenvalue weighted by Gasteiger charge is -2.05. The fourth-order valence-electron chi connectivity index (χ4n) is 1.52. The first-order valence-corrected chi connectivity index (χ1v) is 6.77. The molecular weight excluding hydrogens is 309 g/mol. The molecule has 0 aliphatic rings. The first-order chi connectivity index (χ1) is 10.1. The summed E-state index contributed by atoms with van der Waals surface area (Å²) in [4.78, 5) is 16.1. The van der Waals surface area contributed by atoms with Crippen molar-refractivity contribution >= 4 is 34.8 Å². The molecule has 1 aromatic heterocycles. The van der Waals surface area contributed by atoms with Gasteiger partial charge in [0, 0.05) is 17.4 Å². The molecule has 0 bridgehead atoms. The molecule has 2 rings (SSSR count). The maximum absolute atomic E-state index is 12.0. The van der Waals surface area contributed by atoms with Gasteiger partial charge in [-0.15, -0.1) is 0 Å². The van der Waals surface area contributed by atoms with Gasteiger partial charge in [-0.25, -0.2) is 4.98 Å². The second-order valence-electron chi connectivity index (χ2n) is 4.02. The van der Waals surface area contributed by atoms with Crippen LogP contribution in [0.3, 0.4) is 0 Å². The number of anilines is 1. The van der Waals surface area contributed by atoms with Crippen LogP contribution in [0.15, 0.2) is 36.5 Å². The Balaban J connectivity index is 2.11. The maximum Gasteiger partial charge on any atom is 0.274 e. The number of nitrogens with one attached hydrogen (secondary N) is 1. The summed E-state index contributed by atoms with van der Waals surface area (Å²) >= 11 is 11.7. The Kier molecular flexibility index (Phi) is 5.18.